The van der Waals surface area contributed by atoms with E-state index in [1.807, 2.05) is 12.3 Å². The second-order valence-electron chi connectivity index (χ2n) is 3.17. The fourth-order valence-electron chi connectivity index (χ4n) is 1.27. The normalized spacial score (nSPS) is 11.8. The van der Waals surface area contributed by atoms with Gasteiger partial charge in [0.2, 0.25) is 0 Å². The topological polar surface area (TPSA) is 81.8 Å². The highest BCUT2D eigenvalue weighted by atomic mass is 32.2. The zero-order valence-electron chi connectivity index (χ0n) is 9.05. The van der Waals surface area contributed by atoms with Crippen LogP contribution in [0.3, 0.4) is 0 Å². The molecule has 0 amide bonds. The summed E-state index contributed by atoms with van der Waals surface area (Å²) in [7, 11) is 0. The van der Waals surface area contributed by atoms with Crippen LogP contribution < -0.4 is 5.32 Å². The van der Waals surface area contributed by atoms with Crippen molar-refractivity contribution in [2.24, 2.45) is 0 Å². The molecule has 0 fully saturated rings. The first-order chi connectivity index (χ1) is 7.81. The molecule has 16 heavy (non-hydrogen) atoms. The van der Waals surface area contributed by atoms with Crippen LogP contribution in [-0.4, -0.2) is 39.7 Å². The molecule has 0 aliphatic rings. The van der Waals surface area contributed by atoms with E-state index in [0.717, 1.165) is 5.75 Å². The Balaban J connectivity index is 2.72. The second kappa shape index (κ2) is 7.04. The smallest absolute Gasteiger partial charge is 0.182 e. The number of rotatable bonds is 6. The number of anilines is 1. The largest absolute Gasteiger partial charge is 0.396 e. The monoisotopic (exact) mass is 238 g/mol. The lowest BCUT2D eigenvalue weighted by Crippen LogP contribution is -2.24. The number of hydrogen-bond donors (Lipinski definition) is 2. The summed E-state index contributed by atoms with van der Waals surface area (Å²) in [6.07, 6.45) is 5.65. The van der Waals surface area contributed by atoms with Crippen LogP contribution in [0.4, 0.5) is 5.82 Å². The quantitative estimate of drug-likeness (QED) is 0.765. The third kappa shape index (κ3) is 3.68. The Labute approximate surface area is 98.9 Å². The predicted octanol–water partition coefficient (Wildman–Crippen LogP) is 0.874. The van der Waals surface area contributed by atoms with E-state index in [2.05, 4.69) is 15.3 Å². The molecule has 0 bridgehead atoms. The molecule has 0 aliphatic carbocycles. The van der Waals surface area contributed by atoms with Gasteiger partial charge in [0.1, 0.15) is 6.07 Å². The highest BCUT2D eigenvalue weighted by Gasteiger charge is 2.11. The molecule has 0 radical (unpaired) electrons. The maximum Gasteiger partial charge on any atom is 0.182 e. The molecule has 1 heterocycles. The highest BCUT2D eigenvalue weighted by molar-refractivity contribution is 7.98. The van der Waals surface area contributed by atoms with Gasteiger partial charge in [-0.3, -0.25) is 0 Å². The van der Waals surface area contributed by atoms with Crippen molar-refractivity contribution < 1.29 is 5.11 Å². The number of nitrogens with zero attached hydrogens (tertiary/aromatic N) is 3. The number of thioether (sulfide) groups is 1. The Morgan fingerprint density at radius 2 is 2.31 bits per heavy atom. The minimum Gasteiger partial charge on any atom is -0.396 e. The van der Waals surface area contributed by atoms with Crippen molar-refractivity contribution in [1.82, 2.24) is 9.97 Å². The van der Waals surface area contributed by atoms with Crippen LogP contribution in [0, 0.1) is 11.3 Å². The van der Waals surface area contributed by atoms with Crippen LogP contribution in [0.15, 0.2) is 12.4 Å². The molecule has 0 spiro atoms. The van der Waals surface area contributed by atoms with E-state index in [-0.39, 0.29) is 18.3 Å². The molecule has 5 nitrogen and oxygen atoms in total. The van der Waals surface area contributed by atoms with Crippen molar-refractivity contribution >= 4 is 17.6 Å². The van der Waals surface area contributed by atoms with Crippen LogP contribution in [0.2, 0.25) is 0 Å². The Hall–Kier alpha value is -1.32. The molecule has 0 unspecified atom stereocenters. The van der Waals surface area contributed by atoms with Crippen LogP contribution in [0.5, 0.6) is 0 Å². The van der Waals surface area contributed by atoms with Crippen molar-refractivity contribution in [2.45, 2.75) is 12.5 Å². The Morgan fingerprint density at radius 1 is 1.56 bits per heavy atom. The summed E-state index contributed by atoms with van der Waals surface area (Å²) in [5.74, 6) is 1.33. The summed E-state index contributed by atoms with van der Waals surface area (Å²) in [6, 6.07) is 2.08. The lowest BCUT2D eigenvalue weighted by molar-refractivity contribution is 0.282. The average molecular weight is 238 g/mol. The molecule has 1 atom stereocenters. The number of nitrogens with one attached hydrogen (secondary N) is 1. The third-order valence-corrected chi connectivity index (χ3v) is 2.73. The zero-order valence-corrected chi connectivity index (χ0v) is 9.87. The lowest BCUT2D eigenvalue weighted by atomic mass is 10.2. The fourth-order valence-corrected chi connectivity index (χ4v) is 1.93. The van der Waals surface area contributed by atoms with Gasteiger partial charge in [0.15, 0.2) is 11.5 Å². The van der Waals surface area contributed by atoms with E-state index in [0.29, 0.717) is 12.2 Å². The number of hydrogen-bond acceptors (Lipinski definition) is 6. The fraction of sp³-hybridized carbons (Fsp3) is 0.500. The summed E-state index contributed by atoms with van der Waals surface area (Å²) in [5, 5.41) is 20.9. The van der Waals surface area contributed by atoms with Crippen LogP contribution in [-0.2, 0) is 0 Å². The van der Waals surface area contributed by atoms with Crippen molar-refractivity contribution in [1.29, 1.82) is 5.26 Å². The summed E-state index contributed by atoms with van der Waals surface area (Å²) in [5.41, 5.74) is 0.284. The maximum atomic E-state index is 8.92. The molecule has 1 aromatic rings. The van der Waals surface area contributed by atoms with Crippen molar-refractivity contribution in [3.8, 4) is 6.07 Å². The Morgan fingerprint density at radius 3 is 2.94 bits per heavy atom. The number of aliphatic hydroxyl groups excluding tert-OH is 1. The van der Waals surface area contributed by atoms with Crippen LogP contribution in [0.25, 0.3) is 0 Å². The first-order valence-corrected chi connectivity index (χ1v) is 6.28. The number of aliphatic hydroxyl groups is 1. The first-order valence-electron chi connectivity index (χ1n) is 4.89. The minimum atomic E-state index is 0.101. The lowest BCUT2D eigenvalue weighted by Gasteiger charge is -2.17. The van der Waals surface area contributed by atoms with Gasteiger partial charge in [-0.2, -0.15) is 17.0 Å². The molecule has 0 aliphatic heterocycles. The van der Waals surface area contributed by atoms with Crippen LogP contribution in [0.1, 0.15) is 12.1 Å². The molecular weight excluding hydrogens is 224 g/mol. The van der Waals surface area contributed by atoms with Gasteiger partial charge in [-0.15, -0.1) is 0 Å². The summed E-state index contributed by atoms with van der Waals surface area (Å²) in [4.78, 5) is 7.98. The predicted molar refractivity (Wildman–Crippen MR) is 64.2 cm³/mol. The standard InChI is InChI=1S/C10H14N4OS/c1-16-7-8(2-5-15)14-10-9(6-11)12-3-4-13-10/h3-4,8,15H,2,5,7H2,1H3,(H,13,14)/t8-/m0/s1. The molecule has 0 saturated heterocycles. The Kier molecular flexibility index (Phi) is 5.61. The van der Waals surface area contributed by atoms with E-state index < -0.39 is 0 Å². The molecule has 0 aromatic carbocycles. The van der Waals surface area contributed by atoms with Gasteiger partial charge in [0.25, 0.3) is 0 Å². The summed E-state index contributed by atoms with van der Waals surface area (Å²) in [6.45, 7) is 0.111. The van der Waals surface area contributed by atoms with E-state index in [4.69, 9.17) is 10.4 Å². The summed E-state index contributed by atoms with van der Waals surface area (Å²) < 4.78 is 0. The van der Waals surface area contributed by atoms with E-state index >= 15 is 0 Å². The average Bonchev–Trinajstić information content (AvgIpc) is 2.30. The van der Waals surface area contributed by atoms with Gasteiger partial charge < -0.3 is 10.4 Å². The molecule has 6 heteroatoms. The van der Waals surface area contributed by atoms with Gasteiger partial charge in [-0.05, 0) is 12.7 Å². The molecule has 86 valence electrons. The molecular formula is C10H14N4OS. The number of aromatic nitrogens is 2. The molecule has 0 saturated carbocycles. The van der Waals surface area contributed by atoms with Crippen molar-refractivity contribution in [3.63, 3.8) is 0 Å². The molecule has 1 rings (SSSR count). The van der Waals surface area contributed by atoms with Crippen LogP contribution >= 0.6 is 11.8 Å². The van der Waals surface area contributed by atoms with E-state index in [1.165, 1.54) is 12.4 Å². The SMILES string of the molecule is CSC[C@H](CCO)Nc1nccnc1C#N. The van der Waals surface area contributed by atoms with Gasteiger partial charge in [-0.1, -0.05) is 0 Å². The van der Waals surface area contributed by atoms with E-state index in [9.17, 15) is 0 Å². The number of nitriles is 1. The maximum absolute atomic E-state index is 8.92. The van der Waals surface area contributed by atoms with Crippen molar-refractivity contribution in [2.75, 3.05) is 23.9 Å². The van der Waals surface area contributed by atoms with Gasteiger partial charge in [0.05, 0.1) is 0 Å². The second-order valence-corrected chi connectivity index (χ2v) is 4.08. The van der Waals surface area contributed by atoms with E-state index in [1.54, 1.807) is 11.8 Å². The third-order valence-electron chi connectivity index (χ3n) is 1.99. The molecule has 1 aromatic heterocycles. The first kappa shape index (κ1) is 12.7. The Bertz CT molecular complexity index is 360. The molecule has 2 N–H and O–H groups in total. The zero-order chi connectivity index (χ0) is 11.8. The van der Waals surface area contributed by atoms with Crippen molar-refractivity contribution in [3.05, 3.63) is 18.1 Å². The summed E-state index contributed by atoms with van der Waals surface area (Å²) >= 11 is 1.68. The highest BCUT2D eigenvalue weighted by Crippen LogP contribution is 2.12. The van der Waals surface area contributed by atoms with Gasteiger partial charge in [0, 0.05) is 30.8 Å². The van der Waals surface area contributed by atoms with Gasteiger partial charge >= 0.3 is 0 Å². The van der Waals surface area contributed by atoms with Gasteiger partial charge in [-0.25, -0.2) is 9.97 Å². The minimum absolute atomic E-state index is 0.101.